The van der Waals surface area contributed by atoms with E-state index in [1.54, 1.807) is 24.3 Å². The van der Waals surface area contributed by atoms with Crippen LogP contribution in [0.25, 0.3) is 0 Å². The van der Waals surface area contributed by atoms with E-state index in [1.807, 2.05) is 44.2 Å². The lowest BCUT2D eigenvalue weighted by Crippen LogP contribution is -2.24. The van der Waals surface area contributed by atoms with Crippen molar-refractivity contribution < 1.29 is 19.1 Å². The first-order valence-corrected chi connectivity index (χ1v) is 11.9. The van der Waals surface area contributed by atoms with Crippen molar-refractivity contribution in [1.82, 2.24) is 5.43 Å². The minimum absolute atomic E-state index is 0.333. The minimum Gasteiger partial charge on any atom is -0.493 e. The summed E-state index contributed by atoms with van der Waals surface area (Å²) in [5.74, 6) is 0.0781. The van der Waals surface area contributed by atoms with E-state index in [9.17, 15) is 9.59 Å². The molecule has 0 spiro atoms. The number of nitrogens with one attached hydrogen (secondary N) is 2. The van der Waals surface area contributed by atoms with Gasteiger partial charge >= 0.3 is 0 Å². The lowest BCUT2D eigenvalue weighted by Gasteiger charge is -2.13. The molecule has 0 fully saturated rings. The number of carbonyl (C=O) groups excluding carboxylic acids is 2. The molecule has 182 valence electrons. The lowest BCUT2D eigenvalue weighted by atomic mass is 10.1. The molecular weight excluding hydrogens is 534 g/mol. The van der Waals surface area contributed by atoms with Crippen LogP contribution < -0.4 is 20.2 Å². The van der Waals surface area contributed by atoms with E-state index < -0.39 is 11.8 Å². The van der Waals surface area contributed by atoms with E-state index in [0.29, 0.717) is 38.9 Å². The van der Waals surface area contributed by atoms with Crippen molar-refractivity contribution in [2.45, 2.75) is 26.9 Å². The number of hydrazone groups is 1. The third-order valence-corrected chi connectivity index (χ3v) is 5.77. The van der Waals surface area contributed by atoms with Crippen LogP contribution in [0.4, 0.5) is 5.69 Å². The summed E-state index contributed by atoms with van der Waals surface area (Å²) >= 11 is 9.41. The van der Waals surface area contributed by atoms with Crippen LogP contribution in [0.1, 0.15) is 28.7 Å². The summed E-state index contributed by atoms with van der Waals surface area (Å²) in [5.41, 5.74) is 6.68. The summed E-state index contributed by atoms with van der Waals surface area (Å²) in [6.07, 6.45) is 1.10. The second kappa shape index (κ2) is 12.4. The van der Waals surface area contributed by atoms with Gasteiger partial charge in [0.25, 0.3) is 0 Å². The molecule has 0 radical (unpaired) electrons. The van der Waals surface area contributed by atoms with E-state index in [0.717, 1.165) is 16.7 Å². The number of benzene rings is 3. The minimum atomic E-state index is -0.530. The van der Waals surface area contributed by atoms with Crippen molar-refractivity contribution in [1.29, 1.82) is 0 Å². The molecular formula is C26H25BrClN3O4. The molecule has 0 aliphatic heterocycles. The largest absolute Gasteiger partial charge is 0.493 e. The molecule has 35 heavy (non-hydrogen) atoms. The van der Waals surface area contributed by atoms with Gasteiger partial charge in [-0.05, 0) is 76.8 Å². The zero-order chi connectivity index (χ0) is 25.4. The zero-order valence-electron chi connectivity index (χ0n) is 19.5. The SMILES string of the molecule is COc1cc(C=NNC(=O)CC(=O)Nc2ccc(C)cc2C)cc(Br)c1OCc1ccc(Cl)cc1. The first kappa shape index (κ1) is 26.2. The van der Waals surface area contributed by atoms with Crippen LogP contribution in [0.15, 0.2) is 64.2 Å². The topological polar surface area (TPSA) is 89.0 Å². The van der Waals surface area contributed by atoms with E-state index >= 15 is 0 Å². The second-order valence-corrected chi connectivity index (χ2v) is 9.08. The maximum atomic E-state index is 12.2. The summed E-state index contributed by atoms with van der Waals surface area (Å²) < 4.78 is 12.0. The fourth-order valence-electron chi connectivity index (χ4n) is 3.20. The molecule has 0 saturated carbocycles. The molecule has 0 atom stereocenters. The molecule has 0 unspecified atom stereocenters. The smallest absolute Gasteiger partial charge is 0.249 e. The third-order valence-electron chi connectivity index (χ3n) is 4.93. The van der Waals surface area contributed by atoms with Crippen molar-refractivity contribution in [3.63, 3.8) is 0 Å². The summed E-state index contributed by atoms with van der Waals surface area (Å²) in [5, 5.41) is 7.34. The van der Waals surface area contributed by atoms with Crippen LogP contribution in [0.2, 0.25) is 5.02 Å². The predicted octanol–water partition coefficient (Wildman–Crippen LogP) is 5.79. The number of anilines is 1. The van der Waals surface area contributed by atoms with Gasteiger partial charge in [0.05, 0.1) is 17.8 Å². The Labute approximate surface area is 217 Å². The molecule has 0 saturated heterocycles. The number of hydrogen-bond acceptors (Lipinski definition) is 5. The molecule has 7 nitrogen and oxygen atoms in total. The Bertz CT molecular complexity index is 1250. The van der Waals surface area contributed by atoms with Crippen molar-refractivity contribution in [3.8, 4) is 11.5 Å². The third kappa shape index (κ3) is 7.83. The summed E-state index contributed by atoms with van der Waals surface area (Å²) in [6, 6.07) is 16.5. The molecule has 0 heterocycles. The standard InChI is InChI=1S/C26H25BrClN3O4/c1-16-4-9-22(17(2)10-16)30-24(32)13-25(33)31-29-14-19-11-21(27)26(23(12-19)34-3)35-15-18-5-7-20(28)8-6-18/h4-12,14H,13,15H2,1-3H3,(H,30,32)(H,31,33). The van der Waals surface area contributed by atoms with Gasteiger partial charge in [0.1, 0.15) is 13.0 Å². The van der Waals surface area contributed by atoms with Gasteiger partial charge in [-0.3, -0.25) is 9.59 Å². The number of methoxy groups -OCH3 is 1. The van der Waals surface area contributed by atoms with Crippen LogP contribution in [0, 0.1) is 13.8 Å². The van der Waals surface area contributed by atoms with Crippen molar-refractivity contribution in [3.05, 3.63) is 86.3 Å². The zero-order valence-corrected chi connectivity index (χ0v) is 21.9. The molecule has 3 aromatic carbocycles. The Morgan fingerprint density at radius 3 is 2.49 bits per heavy atom. The van der Waals surface area contributed by atoms with Crippen LogP contribution in [0.3, 0.4) is 0 Å². The summed E-state index contributed by atoms with van der Waals surface area (Å²) in [4.78, 5) is 24.3. The molecule has 0 bridgehead atoms. The fourth-order valence-corrected chi connectivity index (χ4v) is 3.90. The maximum Gasteiger partial charge on any atom is 0.249 e. The van der Waals surface area contributed by atoms with E-state index in [4.69, 9.17) is 21.1 Å². The highest BCUT2D eigenvalue weighted by atomic mass is 79.9. The van der Waals surface area contributed by atoms with Gasteiger partial charge in [-0.2, -0.15) is 5.10 Å². The van der Waals surface area contributed by atoms with E-state index in [1.165, 1.54) is 13.3 Å². The van der Waals surface area contributed by atoms with Gasteiger partial charge < -0.3 is 14.8 Å². The van der Waals surface area contributed by atoms with Gasteiger partial charge in [-0.15, -0.1) is 0 Å². The number of carbonyl (C=O) groups is 2. The van der Waals surface area contributed by atoms with Crippen molar-refractivity contribution in [2.24, 2.45) is 5.10 Å². The molecule has 3 rings (SSSR count). The molecule has 0 aliphatic rings. The van der Waals surface area contributed by atoms with Gasteiger partial charge in [-0.25, -0.2) is 5.43 Å². The van der Waals surface area contributed by atoms with E-state index in [-0.39, 0.29) is 6.42 Å². The second-order valence-electron chi connectivity index (χ2n) is 7.79. The molecule has 3 aromatic rings. The Hall–Kier alpha value is -3.36. The van der Waals surface area contributed by atoms with E-state index in [2.05, 4.69) is 31.8 Å². The van der Waals surface area contributed by atoms with Gasteiger partial charge in [0, 0.05) is 10.7 Å². The number of hydrogen-bond donors (Lipinski definition) is 2. The van der Waals surface area contributed by atoms with Gasteiger partial charge in [0.15, 0.2) is 11.5 Å². The Morgan fingerprint density at radius 1 is 1.06 bits per heavy atom. The number of halogens is 2. The van der Waals surface area contributed by atoms with Crippen LogP contribution in [-0.2, 0) is 16.2 Å². The predicted molar refractivity (Wildman–Crippen MR) is 141 cm³/mol. The average molecular weight is 559 g/mol. The van der Waals surface area contributed by atoms with Crippen molar-refractivity contribution in [2.75, 3.05) is 12.4 Å². The number of amides is 2. The normalized spacial score (nSPS) is 10.8. The molecule has 2 N–H and O–H groups in total. The summed E-state index contributed by atoms with van der Waals surface area (Å²) in [6.45, 7) is 4.20. The molecule has 2 amide bonds. The Morgan fingerprint density at radius 2 is 1.80 bits per heavy atom. The Kier molecular flexibility index (Phi) is 9.28. The number of rotatable bonds is 9. The van der Waals surface area contributed by atoms with Crippen LogP contribution in [0.5, 0.6) is 11.5 Å². The monoisotopic (exact) mass is 557 g/mol. The van der Waals surface area contributed by atoms with Crippen LogP contribution >= 0.6 is 27.5 Å². The highest BCUT2D eigenvalue weighted by molar-refractivity contribution is 9.10. The highest BCUT2D eigenvalue weighted by Gasteiger charge is 2.13. The maximum absolute atomic E-state index is 12.2. The number of ether oxygens (including phenoxy) is 2. The first-order chi connectivity index (χ1) is 16.7. The lowest BCUT2D eigenvalue weighted by molar-refractivity contribution is -0.126. The molecule has 9 heteroatoms. The summed E-state index contributed by atoms with van der Waals surface area (Å²) in [7, 11) is 1.54. The molecule has 0 aromatic heterocycles. The number of nitrogens with zero attached hydrogens (tertiary/aromatic N) is 1. The number of aryl methyl sites for hydroxylation is 2. The highest BCUT2D eigenvalue weighted by Crippen LogP contribution is 2.37. The quantitative estimate of drug-likeness (QED) is 0.198. The van der Waals surface area contributed by atoms with Crippen LogP contribution in [-0.4, -0.2) is 25.1 Å². The molecule has 0 aliphatic carbocycles. The Balaban J connectivity index is 1.56. The van der Waals surface area contributed by atoms with Gasteiger partial charge in [0.2, 0.25) is 11.8 Å². The fraction of sp³-hybridized carbons (Fsp3) is 0.192. The van der Waals surface area contributed by atoms with Gasteiger partial charge in [-0.1, -0.05) is 41.4 Å². The van der Waals surface area contributed by atoms with Crippen molar-refractivity contribution >= 4 is 51.2 Å². The first-order valence-electron chi connectivity index (χ1n) is 10.7. The average Bonchev–Trinajstić information content (AvgIpc) is 2.81.